The first-order valence-corrected chi connectivity index (χ1v) is 11.2. The standard InChI is InChI=1S/C23H39N5O2/c1-5-24-23(25-14-10-16-28-15-8-6-7-13-22(28)29)26-18-21(27(2)3)19-11-9-12-20(17-19)30-4/h9,11-12,17,21H,5-8,10,13-16,18H2,1-4H3,(H2,24,25,26). The van der Waals surface area contributed by atoms with Crippen LogP contribution in [0.1, 0.15) is 50.6 Å². The lowest BCUT2D eigenvalue weighted by Gasteiger charge is -2.24. The number of rotatable bonds is 10. The largest absolute Gasteiger partial charge is 0.497 e. The number of methoxy groups -OCH3 is 1. The van der Waals surface area contributed by atoms with E-state index in [2.05, 4.69) is 48.7 Å². The topological polar surface area (TPSA) is 69.2 Å². The van der Waals surface area contributed by atoms with E-state index in [4.69, 9.17) is 9.73 Å². The number of likely N-dealkylation sites (tertiary alicyclic amines) is 1. The fourth-order valence-corrected chi connectivity index (χ4v) is 3.69. The van der Waals surface area contributed by atoms with Crippen LogP contribution in [0.4, 0.5) is 0 Å². The third-order valence-corrected chi connectivity index (χ3v) is 5.44. The average Bonchev–Trinajstić information content (AvgIpc) is 2.95. The second-order valence-electron chi connectivity index (χ2n) is 7.95. The third-order valence-electron chi connectivity index (χ3n) is 5.44. The van der Waals surface area contributed by atoms with Crippen molar-refractivity contribution in [3.63, 3.8) is 0 Å². The zero-order chi connectivity index (χ0) is 21.8. The van der Waals surface area contributed by atoms with E-state index in [0.717, 1.165) is 63.6 Å². The van der Waals surface area contributed by atoms with E-state index in [1.165, 1.54) is 5.56 Å². The normalized spacial score (nSPS) is 16.4. The Hall–Kier alpha value is -2.28. The quantitative estimate of drug-likeness (QED) is 0.348. The van der Waals surface area contributed by atoms with Crippen molar-refractivity contribution in [1.29, 1.82) is 0 Å². The third kappa shape index (κ3) is 7.86. The summed E-state index contributed by atoms with van der Waals surface area (Å²) in [5.74, 6) is 1.98. The van der Waals surface area contributed by atoms with Gasteiger partial charge < -0.3 is 25.2 Å². The van der Waals surface area contributed by atoms with Gasteiger partial charge in [-0.2, -0.15) is 0 Å². The number of benzene rings is 1. The van der Waals surface area contributed by atoms with Gasteiger partial charge in [-0.15, -0.1) is 0 Å². The Morgan fingerprint density at radius 1 is 1.27 bits per heavy atom. The van der Waals surface area contributed by atoms with Gasteiger partial charge in [0.25, 0.3) is 0 Å². The number of nitrogens with zero attached hydrogens (tertiary/aromatic N) is 3. The van der Waals surface area contributed by atoms with Crippen LogP contribution in [0, 0.1) is 0 Å². The highest BCUT2D eigenvalue weighted by atomic mass is 16.5. The summed E-state index contributed by atoms with van der Waals surface area (Å²) in [6.45, 7) is 6.02. The van der Waals surface area contributed by atoms with Crippen molar-refractivity contribution >= 4 is 11.9 Å². The van der Waals surface area contributed by atoms with Gasteiger partial charge in [0, 0.05) is 32.6 Å². The van der Waals surface area contributed by atoms with Crippen LogP contribution in [0.15, 0.2) is 29.3 Å². The first kappa shape index (κ1) is 24.0. The zero-order valence-corrected chi connectivity index (χ0v) is 19.1. The van der Waals surface area contributed by atoms with Crippen molar-refractivity contribution < 1.29 is 9.53 Å². The maximum Gasteiger partial charge on any atom is 0.222 e. The number of aliphatic imine (C=N–C) groups is 1. The number of hydrogen-bond acceptors (Lipinski definition) is 4. The van der Waals surface area contributed by atoms with E-state index in [1.54, 1.807) is 7.11 Å². The molecule has 1 fully saturated rings. The summed E-state index contributed by atoms with van der Waals surface area (Å²) in [7, 11) is 5.82. The SMILES string of the molecule is CCNC(=NCC(c1cccc(OC)c1)N(C)C)NCCCN1CCCCCC1=O. The minimum atomic E-state index is 0.158. The van der Waals surface area contributed by atoms with Gasteiger partial charge in [-0.25, -0.2) is 0 Å². The molecule has 0 bridgehead atoms. The predicted molar refractivity (Wildman–Crippen MR) is 123 cm³/mol. The Morgan fingerprint density at radius 3 is 2.83 bits per heavy atom. The number of carbonyl (C=O) groups excluding carboxylic acids is 1. The van der Waals surface area contributed by atoms with Crippen molar-refractivity contribution in [3.8, 4) is 5.75 Å². The van der Waals surface area contributed by atoms with E-state index < -0.39 is 0 Å². The second-order valence-corrected chi connectivity index (χ2v) is 7.95. The molecule has 1 aromatic carbocycles. The molecule has 1 amide bonds. The van der Waals surface area contributed by atoms with E-state index in [1.807, 2.05) is 17.0 Å². The summed E-state index contributed by atoms with van der Waals surface area (Å²) < 4.78 is 5.37. The molecule has 0 aliphatic carbocycles. The van der Waals surface area contributed by atoms with E-state index in [9.17, 15) is 4.79 Å². The van der Waals surface area contributed by atoms with E-state index >= 15 is 0 Å². The van der Waals surface area contributed by atoms with Crippen LogP contribution >= 0.6 is 0 Å². The highest BCUT2D eigenvalue weighted by Crippen LogP contribution is 2.22. The number of hydrogen-bond donors (Lipinski definition) is 2. The molecule has 0 radical (unpaired) electrons. The minimum Gasteiger partial charge on any atom is -0.497 e. The molecule has 2 rings (SSSR count). The number of ether oxygens (including phenoxy) is 1. The number of carbonyl (C=O) groups is 1. The Bertz CT molecular complexity index is 677. The lowest BCUT2D eigenvalue weighted by Crippen LogP contribution is -2.40. The molecule has 1 aliphatic rings. The molecule has 0 saturated carbocycles. The lowest BCUT2D eigenvalue weighted by atomic mass is 10.1. The van der Waals surface area contributed by atoms with Crippen LogP contribution in [-0.4, -0.2) is 75.6 Å². The summed E-state index contributed by atoms with van der Waals surface area (Å²) in [4.78, 5) is 21.1. The summed E-state index contributed by atoms with van der Waals surface area (Å²) in [5.41, 5.74) is 1.18. The average molecular weight is 418 g/mol. The fraction of sp³-hybridized carbons (Fsp3) is 0.652. The van der Waals surface area contributed by atoms with Crippen LogP contribution in [0.5, 0.6) is 5.75 Å². The van der Waals surface area contributed by atoms with Crippen LogP contribution in [0.25, 0.3) is 0 Å². The minimum absolute atomic E-state index is 0.158. The van der Waals surface area contributed by atoms with Gasteiger partial charge in [0.1, 0.15) is 5.75 Å². The van der Waals surface area contributed by atoms with Crippen LogP contribution in [0.2, 0.25) is 0 Å². The van der Waals surface area contributed by atoms with Gasteiger partial charge in [-0.1, -0.05) is 18.6 Å². The van der Waals surface area contributed by atoms with Gasteiger partial charge in [-0.3, -0.25) is 9.79 Å². The summed E-state index contributed by atoms with van der Waals surface area (Å²) >= 11 is 0. The van der Waals surface area contributed by atoms with Crippen molar-refractivity contribution in [3.05, 3.63) is 29.8 Å². The van der Waals surface area contributed by atoms with Crippen LogP contribution in [0.3, 0.4) is 0 Å². The number of guanidine groups is 1. The molecule has 2 N–H and O–H groups in total. The van der Waals surface area contributed by atoms with Crippen molar-refractivity contribution in [1.82, 2.24) is 20.4 Å². The molecule has 168 valence electrons. The highest BCUT2D eigenvalue weighted by molar-refractivity contribution is 5.79. The van der Waals surface area contributed by atoms with Crippen LogP contribution in [-0.2, 0) is 4.79 Å². The van der Waals surface area contributed by atoms with Crippen molar-refractivity contribution in [2.75, 3.05) is 53.9 Å². The molecule has 1 unspecified atom stereocenters. The maximum absolute atomic E-state index is 12.1. The highest BCUT2D eigenvalue weighted by Gasteiger charge is 2.16. The molecule has 1 heterocycles. The molecule has 7 nitrogen and oxygen atoms in total. The molecule has 1 aliphatic heterocycles. The summed E-state index contributed by atoms with van der Waals surface area (Å²) in [6.07, 6.45) is 4.94. The molecular weight excluding hydrogens is 378 g/mol. The van der Waals surface area contributed by atoms with E-state index in [-0.39, 0.29) is 6.04 Å². The van der Waals surface area contributed by atoms with Gasteiger partial charge >= 0.3 is 0 Å². The molecule has 0 spiro atoms. The fourth-order valence-electron chi connectivity index (χ4n) is 3.69. The number of likely N-dealkylation sites (N-methyl/N-ethyl adjacent to an activating group) is 1. The Morgan fingerprint density at radius 2 is 2.10 bits per heavy atom. The lowest BCUT2D eigenvalue weighted by molar-refractivity contribution is -0.130. The van der Waals surface area contributed by atoms with Gasteiger partial charge in [0.05, 0.1) is 19.7 Å². The monoisotopic (exact) mass is 417 g/mol. The number of amides is 1. The Balaban J connectivity index is 1.90. The molecule has 0 aromatic heterocycles. The van der Waals surface area contributed by atoms with Gasteiger partial charge in [0.2, 0.25) is 5.91 Å². The smallest absolute Gasteiger partial charge is 0.222 e. The zero-order valence-electron chi connectivity index (χ0n) is 19.1. The van der Waals surface area contributed by atoms with Gasteiger partial charge in [0.15, 0.2) is 5.96 Å². The maximum atomic E-state index is 12.1. The summed E-state index contributed by atoms with van der Waals surface area (Å²) in [6, 6.07) is 8.31. The predicted octanol–water partition coefficient (Wildman–Crippen LogP) is 2.65. The molecule has 1 aromatic rings. The number of nitrogens with one attached hydrogen (secondary N) is 2. The van der Waals surface area contributed by atoms with Crippen molar-refractivity contribution in [2.45, 2.75) is 45.1 Å². The second kappa shape index (κ2) is 13.1. The molecular formula is C23H39N5O2. The molecule has 1 atom stereocenters. The van der Waals surface area contributed by atoms with Crippen molar-refractivity contribution in [2.24, 2.45) is 4.99 Å². The Labute approximate surface area is 181 Å². The van der Waals surface area contributed by atoms with E-state index in [0.29, 0.717) is 18.9 Å². The molecule has 7 heteroatoms. The Kier molecular flexibility index (Phi) is 10.5. The van der Waals surface area contributed by atoms with Gasteiger partial charge in [-0.05, 0) is 58.0 Å². The summed E-state index contributed by atoms with van der Waals surface area (Å²) in [5, 5.41) is 6.74. The van der Waals surface area contributed by atoms with Crippen LogP contribution < -0.4 is 15.4 Å². The molecule has 1 saturated heterocycles. The first-order chi connectivity index (χ1) is 14.5. The first-order valence-electron chi connectivity index (χ1n) is 11.2. The molecule has 30 heavy (non-hydrogen) atoms.